The summed E-state index contributed by atoms with van der Waals surface area (Å²) in [6.07, 6.45) is 1.55. The molecule has 0 heterocycles. The van der Waals surface area contributed by atoms with Crippen molar-refractivity contribution in [2.75, 3.05) is 27.3 Å². The molecule has 0 atom stereocenters. The number of amides is 1. The van der Waals surface area contributed by atoms with E-state index >= 15 is 0 Å². The van der Waals surface area contributed by atoms with E-state index in [9.17, 15) is 9.59 Å². The molecule has 7 heteroatoms. The molecular weight excluding hydrogens is 348 g/mol. The third kappa shape index (κ3) is 4.71. The second-order valence-electron chi connectivity index (χ2n) is 7.45. The normalized spacial score (nSPS) is 19.3. The number of hydrogen-bond acceptors (Lipinski definition) is 5. The number of methoxy groups -OCH3 is 2. The van der Waals surface area contributed by atoms with Crippen molar-refractivity contribution in [1.82, 2.24) is 10.2 Å². The Kier molecular flexibility index (Phi) is 6.70. The summed E-state index contributed by atoms with van der Waals surface area (Å²) in [5, 5.41) is 12.1. The monoisotopic (exact) mass is 378 g/mol. The predicted octanol–water partition coefficient (Wildman–Crippen LogP) is 2.04. The first kappa shape index (κ1) is 21.0. The molecule has 1 amide bonds. The van der Waals surface area contributed by atoms with Gasteiger partial charge in [0.15, 0.2) is 11.5 Å². The fourth-order valence-electron chi connectivity index (χ4n) is 3.40. The summed E-state index contributed by atoms with van der Waals surface area (Å²) in [5.74, 6) is 0.336. The predicted molar refractivity (Wildman–Crippen MR) is 102 cm³/mol. The number of rotatable bonds is 9. The van der Waals surface area contributed by atoms with Crippen molar-refractivity contribution in [2.24, 2.45) is 0 Å². The number of carboxylic acid groups (broad SMARTS) is 1. The number of carbonyl (C=O) groups is 2. The van der Waals surface area contributed by atoms with Crippen LogP contribution in [-0.2, 0) is 15.0 Å². The highest BCUT2D eigenvalue weighted by Gasteiger charge is 2.38. The molecule has 0 radical (unpaired) electrons. The van der Waals surface area contributed by atoms with E-state index < -0.39 is 11.4 Å². The maximum absolute atomic E-state index is 12.9. The van der Waals surface area contributed by atoms with Crippen molar-refractivity contribution >= 4 is 11.9 Å². The summed E-state index contributed by atoms with van der Waals surface area (Å²) in [5.41, 5.74) is 0.116. The molecule has 1 aliphatic carbocycles. The molecule has 0 spiro atoms. The van der Waals surface area contributed by atoms with Gasteiger partial charge in [0.2, 0.25) is 5.91 Å². The zero-order valence-electron chi connectivity index (χ0n) is 16.7. The number of hydrogen-bond donors (Lipinski definition) is 2. The Labute approximate surface area is 160 Å². The van der Waals surface area contributed by atoms with Crippen LogP contribution in [0.5, 0.6) is 11.5 Å². The molecule has 2 N–H and O–H groups in total. The topological polar surface area (TPSA) is 88.1 Å². The lowest BCUT2D eigenvalue weighted by Crippen LogP contribution is -2.57. The summed E-state index contributed by atoms with van der Waals surface area (Å²) in [6, 6.07) is 5.78. The van der Waals surface area contributed by atoms with Gasteiger partial charge in [-0.25, -0.2) is 0 Å². The van der Waals surface area contributed by atoms with Gasteiger partial charge < -0.3 is 19.9 Å². The van der Waals surface area contributed by atoms with Gasteiger partial charge in [0.05, 0.1) is 26.2 Å². The lowest BCUT2D eigenvalue weighted by Gasteiger charge is -2.43. The number of likely N-dealkylation sites (N-methyl/N-ethyl adjacent to an activating group) is 1. The molecule has 7 nitrogen and oxygen atoms in total. The first-order valence-corrected chi connectivity index (χ1v) is 9.22. The number of carboxylic acids is 1. The van der Waals surface area contributed by atoms with E-state index in [0.29, 0.717) is 18.0 Å². The van der Waals surface area contributed by atoms with Crippen molar-refractivity contribution in [3.05, 3.63) is 23.8 Å². The third-order valence-electron chi connectivity index (χ3n) is 5.38. The molecular formula is C20H30N2O5. The molecule has 0 aromatic heterocycles. The lowest BCUT2D eigenvalue weighted by atomic mass is 9.80. The standard InChI is InChI=1S/C20H30N2O5/c1-6-22(12-18(23)24)15-10-14(11-15)21-19(25)20(2,3)13-7-8-16(26-4)17(9-13)27-5/h7-9,14-15H,6,10-12H2,1-5H3,(H,21,25)(H,23,24). The summed E-state index contributed by atoms with van der Waals surface area (Å²) in [7, 11) is 3.14. The van der Waals surface area contributed by atoms with E-state index in [4.69, 9.17) is 14.6 Å². The fraction of sp³-hybridized carbons (Fsp3) is 0.600. The Balaban J connectivity index is 1.99. The van der Waals surface area contributed by atoms with Crippen molar-refractivity contribution in [3.8, 4) is 11.5 Å². The second kappa shape index (κ2) is 8.61. The zero-order chi connectivity index (χ0) is 20.2. The van der Waals surface area contributed by atoms with Gasteiger partial charge in [0.25, 0.3) is 0 Å². The average Bonchev–Trinajstić information content (AvgIpc) is 2.61. The number of aliphatic carboxylic acids is 1. The molecule has 2 rings (SSSR count). The second-order valence-corrected chi connectivity index (χ2v) is 7.45. The fourth-order valence-corrected chi connectivity index (χ4v) is 3.40. The Hall–Kier alpha value is -2.28. The average molecular weight is 378 g/mol. The van der Waals surface area contributed by atoms with Crippen LogP contribution >= 0.6 is 0 Å². The van der Waals surface area contributed by atoms with E-state index in [1.54, 1.807) is 20.3 Å². The van der Waals surface area contributed by atoms with E-state index in [1.165, 1.54) is 0 Å². The SMILES string of the molecule is CCN(CC(=O)O)C1CC(NC(=O)C(C)(C)c2ccc(OC)c(OC)c2)C1. The first-order valence-electron chi connectivity index (χ1n) is 9.22. The quantitative estimate of drug-likeness (QED) is 0.684. The van der Waals surface area contributed by atoms with Crippen LogP contribution < -0.4 is 14.8 Å². The van der Waals surface area contributed by atoms with Gasteiger partial charge in [-0.1, -0.05) is 13.0 Å². The van der Waals surface area contributed by atoms with Gasteiger partial charge in [0, 0.05) is 12.1 Å². The minimum Gasteiger partial charge on any atom is -0.493 e. The van der Waals surface area contributed by atoms with Crippen LogP contribution in [0.15, 0.2) is 18.2 Å². The van der Waals surface area contributed by atoms with Crippen molar-refractivity contribution in [3.63, 3.8) is 0 Å². The molecule has 1 aromatic carbocycles. The van der Waals surface area contributed by atoms with Gasteiger partial charge in [0.1, 0.15) is 0 Å². The Morgan fingerprint density at radius 3 is 2.37 bits per heavy atom. The molecule has 0 saturated heterocycles. The van der Waals surface area contributed by atoms with Crippen LogP contribution in [0.2, 0.25) is 0 Å². The zero-order valence-corrected chi connectivity index (χ0v) is 16.7. The molecule has 27 heavy (non-hydrogen) atoms. The van der Waals surface area contributed by atoms with Crippen LogP contribution in [0.4, 0.5) is 0 Å². The van der Waals surface area contributed by atoms with E-state index in [0.717, 1.165) is 18.4 Å². The maximum atomic E-state index is 12.9. The van der Waals surface area contributed by atoms with Gasteiger partial charge in [-0.2, -0.15) is 0 Å². The molecule has 150 valence electrons. The van der Waals surface area contributed by atoms with Crippen LogP contribution in [0.25, 0.3) is 0 Å². The molecule has 0 unspecified atom stereocenters. The van der Waals surface area contributed by atoms with Crippen LogP contribution in [-0.4, -0.2) is 61.3 Å². The van der Waals surface area contributed by atoms with Crippen LogP contribution in [0.3, 0.4) is 0 Å². The van der Waals surface area contributed by atoms with E-state index in [2.05, 4.69) is 5.32 Å². The highest BCUT2D eigenvalue weighted by molar-refractivity contribution is 5.87. The number of nitrogens with zero attached hydrogens (tertiary/aromatic N) is 1. The smallest absolute Gasteiger partial charge is 0.317 e. The third-order valence-corrected chi connectivity index (χ3v) is 5.38. The summed E-state index contributed by atoms with van der Waals surface area (Å²) >= 11 is 0. The minimum absolute atomic E-state index is 0.0406. The van der Waals surface area contributed by atoms with Gasteiger partial charge in [-0.15, -0.1) is 0 Å². The Bertz CT molecular complexity index is 683. The highest BCUT2D eigenvalue weighted by atomic mass is 16.5. The summed E-state index contributed by atoms with van der Waals surface area (Å²) < 4.78 is 10.6. The first-order chi connectivity index (χ1) is 12.7. The molecule has 1 aliphatic rings. The molecule has 0 bridgehead atoms. The largest absolute Gasteiger partial charge is 0.493 e. The molecule has 1 aromatic rings. The van der Waals surface area contributed by atoms with Gasteiger partial charge in [-0.05, 0) is 50.9 Å². The molecule has 1 saturated carbocycles. The van der Waals surface area contributed by atoms with Gasteiger partial charge in [-0.3, -0.25) is 14.5 Å². The molecule has 0 aliphatic heterocycles. The highest BCUT2D eigenvalue weighted by Crippen LogP contribution is 2.34. The van der Waals surface area contributed by atoms with Crippen molar-refractivity contribution in [2.45, 2.75) is 51.1 Å². The minimum atomic E-state index is -0.820. The van der Waals surface area contributed by atoms with Crippen molar-refractivity contribution < 1.29 is 24.2 Å². The number of ether oxygens (including phenoxy) is 2. The van der Waals surface area contributed by atoms with Gasteiger partial charge >= 0.3 is 5.97 Å². The number of nitrogens with one attached hydrogen (secondary N) is 1. The lowest BCUT2D eigenvalue weighted by molar-refractivity contribution is -0.140. The Morgan fingerprint density at radius 1 is 1.22 bits per heavy atom. The van der Waals surface area contributed by atoms with E-state index in [1.807, 2.05) is 37.8 Å². The van der Waals surface area contributed by atoms with Crippen LogP contribution in [0.1, 0.15) is 39.2 Å². The van der Waals surface area contributed by atoms with Crippen molar-refractivity contribution in [1.29, 1.82) is 0 Å². The number of benzene rings is 1. The Morgan fingerprint density at radius 2 is 1.85 bits per heavy atom. The molecule has 1 fully saturated rings. The van der Waals surface area contributed by atoms with E-state index in [-0.39, 0.29) is 24.5 Å². The maximum Gasteiger partial charge on any atom is 0.317 e. The summed E-state index contributed by atoms with van der Waals surface area (Å²) in [6.45, 7) is 6.44. The number of carbonyl (C=O) groups excluding carboxylic acids is 1. The summed E-state index contributed by atoms with van der Waals surface area (Å²) in [4.78, 5) is 25.7. The van der Waals surface area contributed by atoms with Crippen LogP contribution in [0, 0.1) is 0 Å².